The molecule has 1 aromatic rings. The maximum Gasteiger partial charge on any atom is 0.303 e. The van der Waals surface area contributed by atoms with E-state index in [4.69, 9.17) is 9.84 Å². The molecule has 2 aliphatic rings. The molecule has 0 saturated heterocycles. The minimum Gasteiger partial charge on any atom is -0.493 e. The highest BCUT2D eigenvalue weighted by molar-refractivity contribution is 5.70. The van der Waals surface area contributed by atoms with E-state index in [1.165, 1.54) is 11.3 Å². The van der Waals surface area contributed by atoms with Crippen LogP contribution in [0.5, 0.6) is 5.75 Å². The van der Waals surface area contributed by atoms with Crippen LogP contribution in [0.25, 0.3) is 0 Å². The Kier molecular flexibility index (Phi) is 3.09. The number of carboxylic acid groups (broad SMARTS) is 1. The van der Waals surface area contributed by atoms with Crippen LogP contribution in [-0.4, -0.2) is 31.3 Å². The molecule has 0 radical (unpaired) electrons. The third-order valence-electron chi connectivity index (χ3n) is 4.18. The quantitative estimate of drug-likeness (QED) is 0.888. The second-order valence-electron chi connectivity index (χ2n) is 5.43. The summed E-state index contributed by atoms with van der Waals surface area (Å²) < 4.78 is 5.81. The van der Waals surface area contributed by atoms with Crippen molar-refractivity contribution in [2.45, 2.75) is 31.6 Å². The van der Waals surface area contributed by atoms with Gasteiger partial charge in [-0.3, -0.25) is 4.79 Å². The van der Waals surface area contributed by atoms with Crippen molar-refractivity contribution in [3.8, 4) is 5.75 Å². The number of rotatable bonds is 2. The van der Waals surface area contributed by atoms with Gasteiger partial charge in [0.15, 0.2) is 0 Å². The van der Waals surface area contributed by atoms with E-state index >= 15 is 0 Å². The standard InChI is InChI=1S/C15H19NO3/c1-16-7-6-11-12(16)4-5-13-15(11)10(9-14(17)18)3-2-8-19-13/h4-5,10H,2-3,6-9H2,1H3,(H,17,18). The smallest absolute Gasteiger partial charge is 0.303 e. The SMILES string of the molecule is CN1CCc2c1ccc1c2C(CC(=O)O)CCCO1. The van der Waals surface area contributed by atoms with Crippen molar-refractivity contribution in [2.24, 2.45) is 0 Å². The molecule has 1 aromatic carbocycles. The van der Waals surface area contributed by atoms with Crippen LogP contribution < -0.4 is 9.64 Å². The number of carbonyl (C=O) groups is 1. The van der Waals surface area contributed by atoms with Crippen molar-refractivity contribution in [1.29, 1.82) is 0 Å². The van der Waals surface area contributed by atoms with E-state index in [1.807, 2.05) is 6.07 Å². The fraction of sp³-hybridized carbons (Fsp3) is 0.533. The second kappa shape index (κ2) is 4.76. The lowest BCUT2D eigenvalue weighted by Crippen LogP contribution is -2.12. The van der Waals surface area contributed by atoms with E-state index in [9.17, 15) is 4.79 Å². The molecular formula is C15H19NO3. The fourth-order valence-electron chi connectivity index (χ4n) is 3.30. The number of benzene rings is 1. The Balaban J connectivity index is 2.08. The Morgan fingerprint density at radius 3 is 3.16 bits per heavy atom. The number of anilines is 1. The Morgan fingerprint density at radius 2 is 2.37 bits per heavy atom. The number of carboxylic acids is 1. The first kappa shape index (κ1) is 12.3. The molecule has 0 amide bonds. The van der Waals surface area contributed by atoms with Gasteiger partial charge in [-0.15, -0.1) is 0 Å². The summed E-state index contributed by atoms with van der Waals surface area (Å²) in [5.74, 6) is 0.274. The average molecular weight is 261 g/mol. The molecule has 1 unspecified atom stereocenters. The van der Waals surface area contributed by atoms with Crippen molar-refractivity contribution in [1.82, 2.24) is 0 Å². The summed E-state index contributed by atoms with van der Waals surface area (Å²) in [7, 11) is 2.09. The molecule has 0 bridgehead atoms. The van der Waals surface area contributed by atoms with Gasteiger partial charge in [0.05, 0.1) is 13.0 Å². The molecule has 19 heavy (non-hydrogen) atoms. The lowest BCUT2D eigenvalue weighted by molar-refractivity contribution is -0.137. The normalized spacial score (nSPS) is 21.3. The van der Waals surface area contributed by atoms with Crippen molar-refractivity contribution in [3.63, 3.8) is 0 Å². The molecule has 4 nitrogen and oxygen atoms in total. The molecule has 4 heteroatoms. The molecule has 1 N–H and O–H groups in total. The van der Waals surface area contributed by atoms with Gasteiger partial charge in [-0.25, -0.2) is 0 Å². The third-order valence-corrected chi connectivity index (χ3v) is 4.18. The predicted octanol–water partition coefficient (Wildman–Crippen LogP) is 2.41. The Hall–Kier alpha value is -1.71. The topological polar surface area (TPSA) is 49.8 Å². The maximum absolute atomic E-state index is 11.1. The second-order valence-corrected chi connectivity index (χ2v) is 5.43. The number of ether oxygens (including phenoxy) is 1. The molecule has 0 spiro atoms. The Labute approximate surface area is 113 Å². The van der Waals surface area contributed by atoms with Gasteiger partial charge in [-0.1, -0.05) is 0 Å². The highest BCUT2D eigenvalue weighted by Gasteiger charge is 2.29. The predicted molar refractivity (Wildman–Crippen MR) is 73.1 cm³/mol. The van der Waals surface area contributed by atoms with Crippen LogP contribution in [0.3, 0.4) is 0 Å². The van der Waals surface area contributed by atoms with Crippen LogP contribution in [0, 0.1) is 0 Å². The van der Waals surface area contributed by atoms with Crippen LogP contribution in [0.1, 0.15) is 36.3 Å². The summed E-state index contributed by atoms with van der Waals surface area (Å²) >= 11 is 0. The monoisotopic (exact) mass is 261 g/mol. The van der Waals surface area contributed by atoms with E-state index in [-0.39, 0.29) is 12.3 Å². The zero-order chi connectivity index (χ0) is 13.4. The van der Waals surface area contributed by atoms with Gasteiger partial charge in [0.1, 0.15) is 5.75 Å². The third kappa shape index (κ3) is 2.15. The number of hydrogen-bond donors (Lipinski definition) is 1. The highest BCUT2D eigenvalue weighted by atomic mass is 16.5. The van der Waals surface area contributed by atoms with Crippen LogP contribution in [0.2, 0.25) is 0 Å². The summed E-state index contributed by atoms with van der Waals surface area (Å²) in [5, 5.41) is 9.13. The van der Waals surface area contributed by atoms with Gasteiger partial charge in [0.25, 0.3) is 0 Å². The minimum absolute atomic E-state index is 0.0939. The summed E-state index contributed by atoms with van der Waals surface area (Å²) in [6.45, 7) is 1.70. The van der Waals surface area contributed by atoms with Crippen molar-refractivity contribution in [2.75, 3.05) is 25.1 Å². The van der Waals surface area contributed by atoms with Gasteiger partial charge in [-0.05, 0) is 42.9 Å². The molecular weight excluding hydrogens is 242 g/mol. The lowest BCUT2D eigenvalue weighted by Gasteiger charge is -2.20. The lowest BCUT2D eigenvalue weighted by atomic mass is 9.87. The number of aliphatic carboxylic acids is 1. The van der Waals surface area contributed by atoms with Gasteiger partial charge in [-0.2, -0.15) is 0 Å². The number of fused-ring (bicyclic) bond motifs is 3. The van der Waals surface area contributed by atoms with Crippen LogP contribution >= 0.6 is 0 Å². The van der Waals surface area contributed by atoms with Crippen molar-refractivity contribution >= 4 is 11.7 Å². The highest BCUT2D eigenvalue weighted by Crippen LogP contribution is 2.43. The largest absolute Gasteiger partial charge is 0.493 e. The number of nitrogens with zero attached hydrogens (tertiary/aromatic N) is 1. The zero-order valence-electron chi connectivity index (χ0n) is 11.2. The van der Waals surface area contributed by atoms with E-state index in [0.29, 0.717) is 6.61 Å². The summed E-state index contributed by atoms with van der Waals surface area (Å²) in [5.41, 5.74) is 3.69. The van der Waals surface area contributed by atoms with Gasteiger partial charge in [0, 0.05) is 24.8 Å². The average Bonchev–Trinajstić information content (AvgIpc) is 2.62. The molecule has 2 heterocycles. The molecule has 3 rings (SSSR count). The van der Waals surface area contributed by atoms with E-state index < -0.39 is 5.97 Å². The van der Waals surface area contributed by atoms with E-state index in [0.717, 1.165) is 37.1 Å². The van der Waals surface area contributed by atoms with Crippen LogP contribution in [0.15, 0.2) is 12.1 Å². The molecule has 0 fully saturated rings. The van der Waals surface area contributed by atoms with Gasteiger partial charge >= 0.3 is 5.97 Å². The molecule has 1 atom stereocenters. The minimum atomic E-state index is -0.721. The number of likely N-dealkylation sites (N-methyl/N-ethyl adjacent to an activating group) is 1. The first-order chi connectivity index (χ1) is 9.16. The van der Waals surface area contributed by atoms with Crippen LogP contribution in [-0.2, 0) is 11.2 Å². The summed E-state index contributed by atoms with van der Waals surface area (Å²) in [6.07, 6.45) is 3.03. The molecule has 0 aliphatic carbocycles. The molecule has 2 aliphatic heterocycles. The molecule has 102 valence electrons. The molecule has 0 saturated carbocycles. The van der Waals surface area contributed by atoms with Crippen molar-refractivity contribution in [3.05, 3.63) is 23.3 Å². The summed E-state index contributed by atoms with van der Waals surface area (Å²) in [4.78, 5) is 13.3. The summed E-state index contributed by atoms with van der Waals surface area (Å²) in [6, 6.07) is 4.11. The van der Waals surface area contributed by atoms with Gasteiger partial charge < -0.3 is 14.7 Å². The van der Waals surface area contributed by atoms with Gasteiger partial charge in [0.2, 0.25) is 0 Å². The molecule has 0 aromatic heterocycles. The Bertz CT molecular complexity index is 512. The maximum atomic E-state index is 11.1. The Morgan fingerprint density at radius 1 is 1.53 bits per heavy atom. The van der Waals surface area contributed by atoms with Crippen LogP contribution in [0.4, 0.5) is 5.69 Å². The van der Waals surface area contributed by atoms with E-state index in [1.54, 1.807) is 0 Å². The van der Waals surface area contributed by atoms with Crippen molar-refractivity contribution < 1.29 is 14.6 Å². The first-order valence-electron chi connectivity index (χ1n) is 6.88. The zero-order valence-corrected chi connectivity index (χ0v) is 11.2. The number of hydrogen-bond acceptors (Lipinski definition) is 3. The van der Waals surface area contributed by atoms with E-state index in [2.05, 4.69) is 18.0 Å². The first-order valence-corrected chi connectivity index (χ1v) is 6.88. The fourth-order valence-corrected chi connectivity index (χ4v) is 3.30.